The van der Waals surface area contributed by atoms with Crippen molar-refractivity contribution in [2.45, 2.75) is 12.8 Å². The van der Waals surface area contributed by atoms with E-state index in [2.05, 4.69) is 15.2 Å². The minimum atomic E-state index is -0.469. The van der Waals surface area contributed by atoms with Crippen LogP contribution in [0.5, 0.6) is 0 Å². The van der Waals surface area contributed by atoms with Gasteiger partial charge in [-0.1, -0.05) is 18.2 Å². The molecule has 2 N–H and O–H groups in total. The minimum absolute atomic E-state index is 0.265. The molecule has 1 heterocycles. The number of hydrogen-bond donors (Lipinski definition) is 2. The van der Waals surface area contributed by atoms with Crippen LogP contribution in [0.4, 0.5) is 10.5 Å². The average molecular weight is 321 g/mol. The lowest BCUT2D eigenvalue weighted by Gasteiger charge is -2.14. The van der Waals surface area contributed by atoms with Crippen molar-refractivity contribution in [3.8, 4) is 0 Å². The van der Waals surface area contributed by atoms with Gasteiger partial charge in [0.15, 0.2) is 6.29 Å². The zero-order valence-electron chi connectivity index (χ0n) is 13.7. The number of nitrogens with one attached hydrogen (secondary N) is 2. The predicted octanol–water partition coefficient (Wildman–Crippen LogP) is 2.03. The molecule has 2 rings (SSSR count). The van der Waals surface area contributed by atoms with Crippen LogP contribution in [0.15, 0.2) is 30.5 Å². The van der Waals surface area contributed by atoms with Crippen molar-refractivity contribution in [2.75, 3.05) is 39.8 Å². The molecule has 2 aromatic rings. The van der Waals surface area contributed by atoms with Gasteiger partial charge in [-0.15, -0.1) is 0 Å². The summed E-state index contributed by atoms with van der Waals surface area (Å²) in [5.41, 5.74) is 1.80. The lowest BCUT2D eigenvalue weighted by atomic mass is 10.2. The van der Waals surface area contributed by atoms with Crippen LogP contribution in [0.3, 0.4) is 0 Å². The largest absolute Gasteiger partial charge is 0.383 e. The highest BCUT2D eigenvalue weighted by molar-refractivity contribution is 6.01. The molecule has 0 radical (unpaired) electrons. The van der Waals surface area contributed by atoms with Crippen LogP contribution in [0.2, 0.25) is 0 Å². The number of carbonyl (C=O) groups is 1. The number of hydrogen-bond acceptors (Lipinski definition) is 4. The van der Waals surface area contributed by atoms with Crippen LogP contribution >= 0.6 is 0 Å². The second-order valence-electron chi connectivity index (χ2n) is 4.98. The Morgan fingerprint density at radius 2 is 1.96 bits per heavy atom. The lowest BCUT2D eigenvalue weighted by molar-refractivity contribution is -0.0970. The Labute approximate surface area is 135 Å². The first-order valence-electron chi connectivity index (χ1n) is 7.36. The molecule has 0 spiro atoms. The van der Waals surface area contributed by atoms with Crippen molar-refractivity contribution >= 4 is 22.6 Å². The van der Waals surface area contributed by atoms with Gasteiger partial charge in [-0.2, -0.15) is 0 Å². The number of para-hydroxylation sites is 1. The van der Waals surface area contributed by atoms with Crippen molar-refractivity contribution in [3.05, 3.63) is 30.5 Å². The number of ether oxygens (including phenoxy) is 3. The van der Waals surface area contributed by atoms with Crippen LogP contribution < -0.4 is 10.6 Å². The van der Waals surface area contributed by atoms with Gasteiger partial charge in [0.2, 0.25) is 0 Å². The summed E-state index contributed by atoms with van der Waals surface area (Å²) in [6, 6.07) is 7.59. The number of benzene rings is 1. The molecule has 23 heavy (non-hydrogen) atoms. The van der Waals surface area contributed by atoms with E-state index in [1.54, 1.807) is 7.11 Å². The van der Waals surface area contributed by atoms with Crippen molar-refractivity contribution in [1.82, 2.24) is 9.88 Å². The summed E-state index contributed by atoms with van der Waals surface area (Å²) in [4.78, 5) is 12.0. The lowest BCUT2D eigenvalue weighted by Crippen LogP contribution is -2.36. The molecule has 0 saturated carbocycles. The van der Waals surface area contributed by atoms with Crippen LogP contribution in [0.25, 0.3) is 10.9 Å². The quantitative estimate of drug-likeness (QED) is 0.730. The minimum Gasteiger partial charge on any atom is -0.383 e. The van der Waals surface area contributed by atoms with E-state index in [9.17, 15) is 4.79 Å². The molecule has 0 fully saturated rings. The molecule has 0 aliphatic heterocycles. The van der Waals surface area contributed by atoms with E-state index in [1.807, 2.05) is 30.5 Å². The number of methoxy groups -OCH3 is 3. The monoisotopic (exact) mass is 321 g/mol. The summed E-state index contributed by atoms with van der Waals surface area (Å²) >= 11 is 0. The fourth-order valence-corrected chi connectivity index (χ4v) is 2.33. The van der Waals surface area contributed by atoms with Gasteiger partial charge in [-0.25, -0.2) is 4.79 Å². The molecule has 126 valence electrons. The molecule has 7 nitrogen and oxygen atoms in total. The van der Waals surface area contributed by atoms with E-state index < -0.39 is 6.29 Å². The molecule has 2 amide bonds. The van der Waals surface area contributed by atoms with E-state index in [4.69, 9.17) is 14.2 Å². The van der Waals surface area contributed by atoms with Gasteiger partial charge in [0, 0.05) is 39.5 Å². The summed E-state index contributed by atoms with van der Waals surface area (Å²) in [5.74, 6) is 0. The van der Waals surface area contributed by atoms with Crippen molar-refractivity contribution in [2.24, 2.45) is 0 Å². The summed E-state index contributed by atoms with van der Waals surface area (Å²) in [5, 5.41) is 6.56. The Hall–Kier alpha value is -2.09. The number of carbonyl (C=O) groups excluding carboxylic acids is 1. The number of anilines is 1. The zero-order chi connectivity index (χ0) is 16.7. The fourth-order valence-electron chi connectivity index (χ4n) is 2.33. The number of rotatable bonds is 8. The van der Waals surface area contributed by atoms with E-state index in [1.165, 1.54) is 14.2 Å². The van der Waals surface area contributed by atoms with Crippen LogP contribution in [0, 0.1) is 0 Å². The second-order valence-corrected chi connectivity index (χ2v) is 4.98. The highest BCUT2D eigenvalue weighted by Gasteiger charge is 2.12. The molecule has 0 aliphatic carbocycles. The third-order valence-electron chi connectivity index (χ3n) is 3.53. The van der Waals surface area contributed by atoms with Crippen LogP contribution in [-0.4, -0.2) is 51.4 Å². The first-order valence-corrected chi connectivity index (χ1v) is 7.36. The maximum atomic E-state index is 12.0. The van der Waals surface area contributed by atoms with Gasteiger partial charge in [0.25, 0.3) is 0 Å². The van der Waals surface area contributed by atoms with Gasteiger partial charge in [-0.3, -0.25) is 0 Å². The number of nitrogens with zero attached hydrogens (tertiary/aromatic N) is 1. The highest BCUT2D eigenvalue weighted by Crippen LogP contribution is 2.25. The summed E-state index contributed by atoms with van der Waals surface area (Å²) in [7, 11) is 4.72. The smallest absolute Gasteiger partial charge is 0.319 e. The third kappa shape index (κ3) is 4.44. The molecule has 0 atom stereocenters. The first kappa shape index (κ1) is 17.3. The Bertz CT molecular complexity index is 637. The number of aromatic nitrogens is 1. The van der Waals surface area contributed by atoms with E-state index in [0.29, 0.717) is 6.61 Å². The van der Waals surface area contributed by atoms with E-state index in [-0.39, 0.29) is 12.6 Å². The predicted molar refractivity (Wildman–Crippen MR) is 88.6 cm³/mol. The third-order valence-corrected chi connectivity index (χ3v) is 3.53. The topological polar surface area (TPSA) is 73.8 Å². The molecule has 0 unspecified atom stereocenters. The maximum absolute atomic E-state index is 12.0. The molecule has 0 saturated heterocycles. The molecule has 0 bridgehead atoms. The molecule has 0 aliphatic rings. The number of amides is 2. The van der Waals surface area contributed by atoms with Crippen LogP contribution in [-0.2, 0) is 20.8 Å². The van der Waals surface area contributed by atoms with E-state index >= 15 is 0 Å². The maximum Gasteiger partial charge on any atom is 0.319 e. The first-order chi connectivity index (χ1) is 11.2. The fraction of sp³-hybridized carbons (Fsp3) is 0.438. The molecule has 7 heteroatoms. The van der Waals surface area contributed by atoms with Crippen LogP contribution in [0.1, 0.15) is 0 Å². The standard InChI is InChI=1S/C16H23N3O4/c1-21-9-8-19-11-13(12-6-4-5-7-14(12)19)18-16(20)17-10-15(22-2)23-3/h4-7,11,15H,8-10H2,1-3H3,(H2,17,18,20). The average Bonchev–Trinajstić information content (AvgIpc) is 2.92. The Morgan fingerprint density at radius 1 is 1.22 bits per heavy atom. The molecule has 1 aromatic carbocycles. The van der Waals surface area contributed by atoms with Gasteiger partial charge in [0.1, 0.15) is 0 Å². The second kappa shape index (κ2) is 8.52. The SMILES string of the molecule is COCCn1cc(NC(=O)NCC(OC)OC)c2ccccc21. The van der Waals surface area contributed by atoms with Crippen molar-refractivity contribution in [3.63, 3.8) is 0 Å². The van der Waals surface area contributed by atoms with Gasteiger partial charge < -0.3 is 29.4 Å². The number of fused-ring (bicyclic) bond motifs is 1. The van der Waals surface area contributed by atoms with Crippen molar-refractivity contribution in [1.29, 1.82) is 0 Å². The van der Waals surface area contributed by atoms with Crippen molar-refractivity contribution < 1.29 is 19.0 Å². The van der Waals surface area contributed by atoms with Gasteiger partial charge >= 0.3 is 6.03 Å². The molecular weight excluding hydrogens is 298 g/mol. The Balaban J connectivity index is 2.08. The Kier molecular flexibility index (Phi) is 6.40. The number of urea groups is 1. The molecular formula is C16H23N3O4. The zero-order valence-corrected chi connectivity index (χ0v) is 13.7. The van der Waals surface area contributed by atoms with Gasteiger partial charge in [-0.05, 0) is 6.07 Å². The van der Waals surface area contributed by atoms with E-state index in [0.717, 1.165) is 23.1 Å². The highest BCUT2D eigenvalue weighted by atomic mass is 16.7. The summed E-state index contributed by atoms with van der Waals surface area (Å²) in [6.45, 7) is 1.59. The Morgan fingerprint density at radius 3 is 2.65 bits per heavy atom. The summed E-state index contributed by atoms with van der Waals surface area (Å²) in [6.07, 6.45) is 1.44. The summed E-state index contributed by atoms with van der Waals surface area (Å²) < 4.78 is 17.3. The van der Waals surface area contributed by atoms with Gasteiger partial charge in [0.05, 0.1) is 24.4 Å². The molecule has 1 aromatic heterocycles. The normalized spacial score (nSPS) is 11.1.